The number of fused-ring (bicyclic) bond motifs is 2. The molecule has 0 aromatic carbocycles. The predicted octanol–water partition coefficient (Wildman–Crippen LogP) is 8.66. The number of hydrogen-bond acceptors (Lipinski definition) is 14. The summed E-state index contributed by atoms with van der Waals surface area (Å²) in [5.74, 6) is 0.569. The highest BCUT2D eigenvalue weighted by molar-refractivity contribution is 7.18. The molecule has 2 aliphatic carbocycles. The Bertz CT molecular complexity index is 1850. The minimum absolute atomic E-state index is 0.0816. The van der Waals surface area contributed by atoms with Crippen LogP contribution in [0.15, 0.2) is 12.7 Å². The molecule has 6 rings (SSSR count). The lowest BCUT2D eigenvalue weighted by Gasteiger charge is -2.35. The fraction of sp³-hybridized carbons (Fsp3) is 0.684. The van der Waals surface area contributed by atoms with Gasteiger partial charge in [-0.1, -0.05) is 48.1 Å². The summed E-state index contributed by atoms with van der Waals surface area (Å²) in [6.45, 7) is 15.4. The minimum Gasteiger partial charge on any atom is -0.473 e. The Balaban J connectivity index is 0.000000203. The van der Waals surface area contributed by atoms with E-state index in [0.717, 1.165) is 94.9 Å². The zero-order valence-electron chi connectivity index (χ0n) is 33.8. The van der Waals surface area contributed by atoms with E-state index >= 15 is 0 Å². The molecule has 0 spiro atoms. The van der Waals surface area contributed by atoms with Crippen LogP contribution in [-0.2, 0) is 22.3 Å². The monoisotopic (exact) mass is 820 g/mol. The van der Waals surface area contributed by atoms with Crippen molar-refractivity contribution < 1.29 is 28.9 Å². The average molecular weight is 822 g/mol. The molecule has 0 radical (unpaired) electrons. The van der Waals surface area contributed by atoms with Crippen LogP contribution in [0.25, 0.3) is 20.7 Å². The lowest BCUT2D eigenvalue weighted by molar-refractivity contribution is 0.0119. The number of thiazole rings is 2. The number of aliphatic hydroxyl groups is 1. The molecule has 0 unspecified atom stereocenters. The number of aryl methyl sites for hydroxylation is 2. The van der Waals surface area contributed by atoms with Crippen LogP contribution in [0, 0.1) is 0 Å². The van der Waals surface area contributed by atoms with E-state index in [1.807, 2.05) is 48.6 Å². The molecule has 17 heteroatoms. The van der Waals surface area contributed by atoms with Crippen LogP contribution in [0.5, 0.6) is 5.88 Å². The number of rotatable bonds is 6. The van der Waals surface area contributed by atoms with E-state index in [9.17, 15) is 14.7 Å². The van der Waals surface area contributed by atoms with Crippen molar-refractivity contribution in [1.29, 1.82) is 0 Å². The van der Waals surface area contributed by atoms with Crippen LogP contribution >= 0.6 is 34.3 Å². The van der Waals surface area contributed by atoms with E-state index < -0.39 is 11.2 Å². The SMILES string of the molecule is CCc1nc2c(Cl)ncnc2s1.CCc1nc2c(OC3CCC(N(C)C(=O)OC(C)(C)C)CC3)ncnc2s1.CN(C(=O)OC(C)(C)C)C1CCC(O)CC1. The molecule has 0 aliphatic heterocycles. The van der Waals surface area contributed by atoms with Crippen molar-refractivity contribution >= 4 is 67.2 Å². The lowest BCUT2D eigenvalue weighted by atomic mass is 9.92. The summed E-state index contributed by atoms with van der Waals surface area (Å²) < 4.78 is 16.9. The molecule has 4 heterocycles. The summed E-state index contributed by atoms with van der Waals surface area (Å²) in [4.78, 5) is 54.6. The molecule has 0 bridgehead atoms. The Morgan fingerprint density at radius 3 is 1.62 bits per heavy atom. The van der Waals surface area contributed by atoms with Gasteiger partial charge in [0, 0.05) is 26.2 Å². The van der Waals surface area contributed by atoms with Gasteiger partial charge in [-0.05, 0) is 106 Å². The average Bonchev–Trinajstić information content (AvgIpc) is 3.77. The molecule has 55 heavy (non-hydrogen) atoms. The second kappa shape index (κ2) is 19.6. The van der Waals surface area contributed by atoms with Crippen molar-refractivity contribution in [2.75, 3.05) is 14.1 Å². The maximum absolute atomic E-state index is 12.3. The molecular formula is C38H57ClN8O6S2. The van der Waals surface area contributed by atoms with Crippen molar-refractivity contribution in [3.05, 3.63) is 27.8 Å². The first kappa shape index (κ1) is 44.2. The molecule has 4 aromatic rings. The summed E-state index contributed by atoms with van der Waals surface area (Å²) >= 11 is 8.97. The van der Waals surface area contributed by atoms with Gasteiger partial charge in [0.2, 0.25) is 5.88 Å². The number of carbonyl (C=O) groups excluding carboxylic acids is 2. The standard InChI is InChI=1S/C19H28N4O3S.C12H23NO3.C7H6ClN3S/c1-6-14-22-15-16(20-11-21-17(15)27-14)25-13-9-7-12(8-10-13)23(5)18(24)26-19(2,3)4;1-12(2,3)16-11(15)13(4)9-5-7-10(14)8-6-9;1-2-4-11-5-6(8)9-3-10-7(5)12-4/h11-13H,6-10H2,1-5H3;9-10,14H,5-8H2,1-4H3;3H,2H2,1H3. The summed E-state index contributed by atoms with van der Waals surface area (Å²) in [6, 6.07) is 0.384. The number of ether oxygens (including phenoxy) is 3. The quantitative estimate of drug-likeness (QED) is 0.184. The van der Waals surface area contributed by atoms with Crippen LogP contribution in [0.2, 0.25) is 5.15 Å². The van der Waals surface area contributed by atoms with Gasteiger partial charge < -0.3 is 29.1 Å². The molecule has 4 aromatic heterocycles. The van der Waals surface area contributed by atoms with E-state index in [2.05, 4.69) is 43.8 Å². The van der Waals surface area contributed by atoms with E-state index in [1.54, 1.807) is 39.5 Å². The topological polar surface area (TPSA) is 166 Å². The van der Waals surface area contributed by atoms with Gasteiger partial charge in [0.25, 0.3) is 0 Å². The van der Waals surface area contributed by atoms with Gasteiger partial charge in [-0.15, -0.1) is 0 Å². The molecule has 0 atom stereocenters. The number of hydrogen-bond donors (Lipinski definition) is 1. The van der Waals surface area contributed by atoms with Crippen molar-refractivity contribution in [3.8, 4) is 5.88 Å². The molecule has 2 amide bonds. The van der Waals surface area contributed by atoms with E-state index in [-0.39, 0.29) is 36.5 Å². The summed E-state index contributed by atoms with van der Waals surface area (Å²) in [5.41, 5.74) is 0.558. The van der Waals surface area contributed by atoms with Gasteiger partial charge in [0.15, 0.2) is 15.5 Å². The Kier molecular flexibility index (Phi) is 15.8. The normalized spacial score (nSPS) is 20.1. The first-order valence-corrected chi connectivity index (χ1v) is 21.0. The summed E-state index contributed by atoms with van der Waals surface area (Å²) in [6.07, 6.45) is 10.9. The van der Waals surface area contributed by atoms with Crippen LogP contribution in [0.4, 0.5) is 9.59 Å². The number of aliphatic hydroxyl groups excluding tert-OH is 1. The smallest absolute Gasteiger partial charge is 0.410 e. The second-order valence-corrected chi connectivity index (χ2v) is 18.2. The second-order valence-electron chi connectivity index (χ2n) is 15.8. The third kappa shape index (κ3) is 13.3. The molecule has 304 valence electrons. The first-order chi connectivity index (χ1) is 25.9. The zero-order valence-corrected chi connectivity index (χ0v) is 36.2. The Morgan fingerprint density at radius 2 is 1.16 bits per heavy atom. The predicted molar refractivity (Wildman–Crippen MR) is 217 cm³/mol. The Labute approximate surface area is 337 Å². The van der Waals surface area contributed by atoms with Gasteiger partial charge in [-0.25, -0.2) is 34.5 Å². The van der Waals surface area contributed by atoms with Gasteiger partial charge in [0.05, 0.1) is 16.1 Å². The Hall–Kier alpha value is -3.47. The van der Waals surface area contributed by atoms with Crippen molar-refractivity contribution in [3.63, 3.8) is 0 Å². The van der Waals surface area contributed by atoms with Gasteiger partial charge >= 0.3 is 12.2 Å². The highest BCUT2D eigenvalue weighted by Crippen LogP contribution is 2.31. The highest BCUT2D eigenvalue weighted by atomic mass is 35.5. The van der Waals surface area contributed by atoms with Crippen LogP contribution in [0.1, 0.15) is 117 Å². The zero-order chi connectivity index (χ0) is 40.5. The molecule has 2 saturated carbocycles. The maximum Gasteiger partial charge on any atom is 0.410 e. The Morgan fingerprint density at radius 1 is 0.727 bits per heavy atom. The third-order valence-electron chi connectivity index (χ3n) is 9.05. The van der Waals surface area contributed by atoms with Crippen molar-refractivity contribution in [2.24, 2.45) is 0 Å². The molecule has 1 N–H and O–H groups in total. The van der Waals surface area contributed by atoms with Gasteiger partial charge in [0.1, 0.15) is 40.3 Å². The fourth-order valence-corrected chi connectivity index (χ4v) is 7.96. The largest absolute Gasteiger partial charge is 0.473 e. The molecule has 2 fully saturated rings. The highest BCUT2D eigenvalue weighted by Gasteiger charge is 2.31. The maximum atomic E-state index is 12.3. The lowest BCUT2D eigenvalue weighted by Crippen LogP contribution is -2.43. The fourth-order valence-electron chi connectivity index (χ4n) is 6.06. The van der Waals surface area contributed by atoms with E-state index in [1.165, 1.54) is 12.7 Å². The van der Waals surface area contributed by atoms with E-state index in [4.69, 9.17) is 25.8 Å². The third-order valence-corrected chi connectivity index (χ3v) is 11.5. The van der Waals surface area contributed by atoms with Crippen molar-refractivity contribution in [2.45, 2.75) is 155 Å². The van der Waals surface area contributed by atoms with E-state index in [0.29, 0.717) is 11.0 Å². The molecule has 0 saturated heterocycles. The van der Waals surface area contributed by atoms with Gasteiger partial charge in [-0.2, -0.15) is 4.98 Å². The molecule has 2 aliphatic rings. The number of aromatic nitrogens is 6. The number of amides is 2. The summed E-state index contributed by atoms with van der Waals surface area (Å²) in [5, 5.41) is 11.9. The number of halogens is 1. The number of carbonyl (C=O) groups is 2. The first-order valence-electron chi connectivity index (χ1n) is 19.0. The molecular weight excluding hydrogens is 764 g/mol. The van der Waals surface area contributed by atoms with Crippen LogP contribution < -0.4 is 4.74 Å². The number of nitrogens with zero attached hydrogens (tertiary/aromatic N) is 8. The van der Waals surface area contributed by atoms with Crippen LogP contribution in [-0.4, -0.2) is 107 Å². The summed E-state index contributed by atoms with van der Waals surface area (Å²) in [7, 11) is 3.59. The molecule has 14 nitrogen and oxygen atoms in total. The van der Waals surface area contributed by atoms with Crippen LogP contribution in [0.3, 0.4) is 0 Å². The van der Waals surface area contributed by atoms with Gasteiger partial charge in [-0.3, -0.25) is 0 Å². The minimum atomic E-state index is -0.477. The van der Waals surface area contributed by atoms with Crippen molar-refractivity contribution in [1.82, 2.24) is 39.7 Å².